The van der Waals surface area contributed by atoms with Crippen molar-refractivity contribution in [1.82, 2.24) is 4.57 Å². The van der Waals surface area contributed by atoms with Crippen molar-refractivity contribution in [1.29, 1.82) is 0 Å². The molecule has 3 atom stereocenters. The Morgan fingerprint density at radius 1 is 1.26 bits per heavy atom. The largest absolute Gasteiger partial charge is 0.458 e. The first-order valence-corrected chi connectivity index (χ1v) is 8.72. The van der Waals surface area contributed by atoms with E-state index in [0.717, 1.165) is 23.7 Å². The molecule has 1 heterocycles. The summed E-state index contributed by atoms with van der Waals surface area (Å²) in [6.45, 7) is 6.73. The number of rotatable bonds is 3. The second-order valence-corrected chi connectivity index (χ2v) is 7.44. The Morgan fingerprint density at radius 3 is 2.74 bits per heavy atom. The van der Waals surface area contributed by atoms with Crippen LogP contribution in [0.15, 0.2) is 30.5 Å². The van der Waals surface area contributed by atoms with E-state index in [1.165, 1.54) is 6.42 Å². The average molecular weight is 313 g/mol. The summed E-state index contributed by atoms with van der Waals surface area (Å²) in [7, 11) is 1.97. The molecule has 1 aliphatic rings. The lowest BCUT2D eigenvalue weighted by atomic mass is 9.75. The van der Waals surface area contributed by atoms with Crippen molar-refractivity contribution in [2.45, 2.75) is 46.1 Å². The zero-order valence-electron chi connectivity index (χ0n) is 14.6. The fourth-order valence-corrected chi connectivity index (χ4v) is 3.96. The van der Waals surface area contributed by atoms with E-state index in [-0.39, 0.29) is 12.1 Å². The molecule has 1 saturated carbocycles. The first kappa shape index (κ1) is 16.1. The third-order valence-corrected chi connectivity index (χ3v) is 5.34. The molecule has 124 valence electrons. The fraction of sp³-hybridized carbons (Fsp3) is 0.550. The van der Waals surface area contributed by atoms with Crippen molar-refractivity contribution in [2.75, 3.05) is 0 Å². The summed E-state index contributed by atoms with van der Waals surface area (Å²) in [5.74, 6) is 1.49. The first-order valence-electron chi connectivity index (χ1n) is 8.72. The summed E-state index contributed by atoms with van der Waals surface area (Å²) in [5, 5.41) is 0.977. The van der Waals surface area contributed by atoms with E-state index in [0.29, 0.717) is 23.3 Å². The Hall–Kier alpha value is -1.77. The van der Waals surface area contributed by atoms with E-state index in [1.807, 2.05) is 42.1 Å². The van der Waals surface area contributed by atoms with Crippen LogP contribution in [0.3, 0.4) is 0 Å². The minimum atomic E-state index is -0.174. The lowest BCUT2D eigenvalue weighted by molar-refractivity contribution is -0.0172. The summed E-state index contributed by atoms with van der Waals surface area (Å²) in [4.78, 5) is 12.8. The molecule has 3 unspecified atom stereocenters. The first-order chi connectivity index (χ1) is 11.0. The lowest BCUT2D eigenvalue weighted by Gasteiger charge is -2.36. The molecule has 0 aliphatic heterocycles. The number of esters is 1. The molecule has 2 aromatic rings. The Bertz CT molecular complexity index is 701. The number of aryl methyl sites for hydroxylation is 1. The van der Waals surface area contributed by atoms with Gasteiger partial charge in [-0.3, -0.25) is 0 Å². The van der Waals surface area contributed by atoms with Crippen molar-refractivity contribution in [3.8, 4) is 0 Å². The molecule has 1 fully saturated rings. The molecule has 3 rings (SSSR count). The molecule has 1 aliphatic carbocycles. The van der Waals surface area contributed by atoms with Gasteiger partial charge in [-0.05, 0) is 36.7 Å². The molecule has 0 amide bonds. The minimum Gasteiger partial charge on any atom is -0.458 e. The average Bonchev–Trinajstić information content (AvgIpc) is 2.85. The Kier molecular flexibility index (Phi) is 4.47. The van der Waals surface area contributed by atoms with Crippen LogP contribution in [0.2, 0.25) is 0 Å². The van der Waals surface area contributed by atoms with Gasteiger partial charge >= 0.3 is 5.97 Å². The Balaban J connectivity index is 1.84. The van der Waals surface area contributed by atoms with E-state index in [9.17, 15) is 4.79 Å². The number of nitrogens with zero attached hydrogens (tertiary/aromatic N) is 1. The van der Waals surface area contributed by atoms with Crippen LogP contribution in [0, 0.1) is 17.8 Å². The van der Waals surface area contributed by atoms with Crippen LogP contribution >= 0.6 is 0 Å². The van der Waals surface area contributed by atoms with Gasteiger partial charge in [0.1, 0.15) is 6.10 Å². The number of benzene rings is 1. The number of carbonyl (C=O) groups is 1. The van der Waals surface area contributed by atoms with Crippen molar-refractivity contribution < 1.29 is 9.53 Å². The minimum absolute atomic E-state index is 0.0465. The summed E-state index contributed by atoms with van der Waals surface area (Å²) in [6, 6.07) is 7.99. The highest BCUT2D eigenvalue weighted by molar-refractivity contribution is 6.04. The molecule has 1 aromatic heterocycles. The molecule has 23 heavy (non-hydrogen) atoms. The van der Waals surface area contributed by atoms with Gasteiger partial charge in [-0.15, -0.1) is 0 Å². The van der Waals surface area contributed by atoms with Crippen LogP contribution in [0.4, 0.5) is 0 Å². The summed E-state index contributed by atoms with van der Waals surface area (Å²) in [5.41, 5.74) is 1.75. The third-order valence-electron chi connectivity index (χ3n) is 5.34. The van der Waals surface area contributed by atoms with Gasteiger partial charge in [0.15, 0.2) is 0 Å². The molecular formula is C20H27NO2. The standard InChI is InChI=1S/C20H27NO2/c1-13(2)15-10-9-14(3)11-19(15)23-20(22)17-12-21(4)18-8-6-5-7-16(17)18/h5-8,12-15,19H,9-11H2,1-4H3. The maximum absolute atomic E-state index is 12.8. The van der Waals surface area contributed by atoms with Crippen molar-refractivity contribution in [3.63, 3.8) is 0 Å². The van der Waals surface area contributed by atoms with Gasteiger partial charge in [0.25, 0.3) is 0 Å². The van der Waals surface area contributed by atoms with Gasteiger partial charge in [-0.25, -0.2) is 4.79 Å². The number of carbonyl (C=O) groups excluding carboxylic acids is 1. The zero-order valence-corrected chi connectivity index (χ0v) is 14.6. The molecule has 3 nitrogen and oxygen atoms in total. The molecule has 3 heteroatoms. The predicted molar refractivity (Wildman–Crippen MR) is 93.5 cm³/mol. The Labute approximate surface area is 138 Å². The van der Waals surface area contributed by atoms with Crippen molar-refractivity contribution >= 4 is 16.9 Å². The van der Waals surface area contributed by atoms with E-state index >= 15 is 0 Å². The number of hydrogen-bond acceptors (Lipinski definition) is 2. The summed E-state index contributed by atoms with van der Waals surface area (Å²) < 4.78 is 7.99. The van der Waals surface area contributed by atoms with Crippen LogP contribution in [-0.2, 0) is 11.8 Å². The number of para-hydroxylation sites is 1. The topological polar surface area (TPSA) is 31.2 Å². The smallest absolute Gasteiger partial charge is 0.340 e. The second kappa shape index (κ2) is 6.38. The molecule has 0 N–H and O–H groups in total. The molecule has 0 saturated heterocycles. The van der Waals surface area contributed by atoms with E-state index in [4.69, 9.17) is 4.74 Å². The van der Waals surface area contributed by atoms with E-state index < -0.39 is 0 Å². The zero-order chi connectivity index (χ0) is 16.6. The third kappa shape index (κ3) is 3.15. The maximum atomic E-state index is 12.8. The quantitative estimate of drug-likeness (QED) is 0.762. The van der Waals surface area contributed by atoms with Crippen LogP contribution < -0.4 is 0 Å². The van der Waals surface area contributed by atoms with Gasteiger partial charge in [0, 0.05) is 24.1 Å². The van der Waals surface area contributed by atoms with Crippen molar-refractivity contribution in [2.24, 2.45) is 24.8 Å². The highest BCUT2D eigenvalue weighted by Gasteiger charge is 2.34. The molecule has 0 spiro atoms. The summed E-state index contributed by atoms with van der Waals surface area (Å²) in [6.07, 6.45) is 5.32. The Morgan fingerprint density at radius 2 is 2.00 bits per heavy atom. The predicted octanol–water partition coefficient (Wildman–Crippen LogP) is 4.80. The van der Waals surface area contributed by atoms with Crippen molar-refractivity contribution in [3.05, 3.63) is 36.0 Å². The normalized spacial score (nSPS) is 25.0. The van der Waals surface area contributed by atoms with Crippen LogP contribution in [0.5, 0.6) is 0 Å². The highest BCUT2D eigenvalue weighted by Crippen LogP contribution is 2.36. The monoisotopic (exact) mass is 313 g/mol. The number of ether oxygens (including phenoxy) is 1. The van der Waals surface area contributed by atoms with Crippen LogP contribution in [0.25, 0.3) is 10.9 Å². The van der Waals surface area contributed by atoms with Gasteiger partial charge < -0.3 is 9.30 Å². The van der Waals surface area contributed by atoms with Gasteiger partial charge in [0.2, 0.25) is 0 Å². The molecular weight excluding hydrogens is 286 g/mol. The summed E-state index contributed by atoms with van der Waals surface area (Å²) >= 11 is 0. The van der Waals surface area contributed by atoms with E-state index in [2.05, 4.69) is 20.8 Å². The molecule has 0 radical (unpaired) electrons. The SMILES string of the molecule is CC1CCC(C(C)C)C(OC(=O)c2cn(C)c3ccccc23)C1. The number of aromatic nitrogens is 1. The van der Waals surface area contributed by atoms with Gasteiger partial charge in [-0.1, -0.05) is 45.4 Å². The van der Waals surface area contributed by atoms with E-state index in [1.54, 1.807) is 0 Å². The number of fused-ring (bicyclic) bond motifs is 1. The van der Waals surface area contributed by atoms with Crippen LogP contribution in [-0.4, -0.2) is 16.6 Å². The van der Waals surface area contributed by atoms with Gasteiger partial charge in [0.05, 0.1) is 5.56 Å². The highest BCUT2D eigenvalue weighted by atomic mass is 16.5. The number of hydrogen-bond donors (Lipinski definition) is 0. The van der Waals surface area contributed by atoms with Crippen LogP contribution in [0.1, 0.15) is 50.4 Å². The van der Waals surface area contributed by atoms with Gasteiger partial charge in [-0.2, -0.15) is 0 Å². The lowest BCUT2D eigenvalue weighted by Crippen LogP contribution is -2.35. The molecule has 0 bridgehead atoms. The molecule has 1 aromatic carbocycles. The fourth-order valence-electron chi connectivity index (χ4n) is 3.96. The maximum Gasteiger partial charge on any atom is 0.340 e. The second-order valence-electron chi connectivity index (χ2n) is 7.44.